The van der Waals surface area contributed by atoms with Crippen LogP contribution in [0.3, 0.4) is 0 Å². The zero-order valence-electron chi connectivity index (χ0n) is 12.3. The van der Waals surface area contributed by atoms with E-state index in [0.29, 0.717) is 12.1 Å². The molecule has 1 unspecified atom stereocenters. The van der Waals surface area contributed by atoms with E-state index in [-0.39, 0.29) is 23.3 Å². The fourth-order valence-electron chi connectivity index (χ4n) is 1.52. The first-order valence-corrected chi connectivity index (χ1v) is 7.74. The van der Waals surface area contributed by atoms with Crippen LogP contribution in [0, 0.1) is 0 Å². The first-order valence-electron chi connectivity index (χ1n) is 6.25. The van der Waals surface area contributed by atoms with Gasteiger partial charge < -0.3 is 14.7 Å². The van der Waals surface area contributed by atoms with Crippen molar-refractivity contribution >= 4 is 10.0 Å². The molecular weight excluding hydrogens is 280 g/mol. The number of benzene rings is 1. The van der Waals surface area contributed by atoms with Crippen LogP contribution in [0.5, 0.6) is 5.75 Å². The van der Waals surface area contributed by atoms with E-state index in [1.54, 1.807) is 6.07 Å². The highest BCUT2D eigenvalue weighted by Gasteiger charge is 2.21. The molecule has 0 saturated heterocycles. The van der Waals surface area contributed by atoms with E-state index in [4.69, 9.17) is 9.84 Å². The molecule has 6 nitrogen and oxygen atoms in total. The van der Waals surface area contributed by atoms with Crippen LogP contribution >= 0.6 is 0 Å². The van der Waals surface area contributed by atoms with Crippen molar-refractivity contribution in [3.63, 3.8) is 0 Å². The largest absolute Gasteiger partial charge is 0.495 e. The number of likely N-dealkylation sites (N-methyl/N-ethyl adjacent to an activating group) is 1. The minimum atomic E-state index is -3.68. The van der Waals surface area contributed by atoms with Crippen LogP contribution < -0.4 is 9.46 Å². The molecule has 0 radical (unpaired) electrons. The third kappa shape index (κ3) is 4.17. The first kappa shape index (κ1) is 16.9. The Labute approximate surface area is 120 Å². The van der Waals surface area contributed by atoms with E-state index in [0.717, 1.165) is 0 Å². The lowest BCUT2D eigenvalue weighted by Crippen LogP contribution is -2.38. The molecule has 0 aliphatic heterocycles. The summed E-state index contributed by atoms with van der Waals surface area (Å²) in [5.74, 6) is 0.257. The number of methoxy groups -OCH3 is 1. The SMILES string of the molecule is COc1ccc(CO)cc1S(=O)(=O)NCC(C)N(C)C. The van der Waals surface area contributed by atoms with E-state index in [1.165, 1.54) is 19.2 Å². The summed E-state index contributed by atoms with van der Waals surface area (Å²) in [7, 11) is 1.50. The molecule has 1 aromatic rings. The Bertz CT molecular complexity index is 543. The van der Waals surface area contributed by atoms with Crippen molar-refractivity contribution in [3.05, 3.63) is 23.8 Å². The van der Waals surface area contributed by atoms with Crippen molar-refractivity contribution in [2.24, 2.45) is 0 Å². The van der Waals surface area contributed by atoms with Gasteiger partial charge in [0.2, 0.25) is 10.0 Å². The number of hydrogen-bond donors (Lipinski definition) is 2. The van der Waals surface area contributed by atoms with Crippen molar-refractivity contribution in [2.75, 3.05) is 27.7 Å². The van der Waals surface area contributed by atoms with Gasteiger partial charge in [0.05, 0.1) is 13.7 Å². The van der Waals surface area contributed by atoms with Gasteiger partial charge in [0.1, 0.15) is 10.6 Å². The monoisotopic (exact) mass is 302 g/mol. The van der Waals surface area contributed by atoms with E-state index in [9.17, 15) is 8.42 Å². The van der Waals surface area contributed by atoms with Crippen molar-refractivity contribution in [2.45, 2.75) is 24.5 Å². The molecule has 1 atom stereocenters. The quantitative estimate of drug-likeness (QED) is 0.763. The lowest BCUT2D eigenvalue weighted by atomic mass is 10.2. The third-order valence-electron chi connectivity index (χ3n) is 3.15. The zero-order valence-corrected chi connectivity index (χ0v) is 13.1. The fourth-order valence-corrected chi connectivity index (χ4v) is 2.86. The predicted molar refractivity (Wildman–Crippen MR) is 77.3 cm³/mol. The molecule has 0 heterocycles. The second-order valence-electron chi connectivity index (χ2n) is 4.81. The van der Waals surface area contributed by atoms with Gasteiger partial charge in [-0.05, 0) is 38.7 Å². The van der Waals surface area contributed by atoms with E-state index in [2.05, 4.69) is 4.72 Å². The molecule has 0 bridgehead atoms. The maximum Gasteiger partial charge on any atom is 0.244 e. The molecule has 1 rings (SSSR count). The van der Waals surface area contributed by atoms with Gasteiger partial charge in [0.15, 0.2) is 0 Å². The van der Waals surface area contributed by atoms with Gasteiger partial charge in [-0.2, -0.15) is 0 Å². The summed E-state index contributed by atoms with van der Waals surface area (Å²) in [6.07, 6.45) is 0. The van der Waals surface area contributed by atoms with E-state index in [1.807, 2.05) is 25.9 Å². The smallest absolute Gasteiger partial charge is 0.244 e. The van der Waals surface area contributed by atoms with Crippen LogP contribution in [0.2, 0.25) is 0 Å². The van der Waals surface area contributed by atoms with Crippen molar-refractivity contribution in [1.82, 2.24) is 9.62 Å². The summed E-state index contributed by atoms with van der Waals surface area (Å²) < 4.78 is 32.3. The number of aliphatic hydroxyl groups excluding tert-OH is 1. The molecular formula is C13H22N2O4S. The minimum Gasteiger partial charge on any atom is -0.495 e. The lowest BCUT2D eigenvalue weighted by molar-refractivity contribution is 0.281. The molecule has 0 amide bonds. The summed E-state index contributed by atoms with van der Waals surface area (Å²) >= 11 is 0. The number of nitrogens with zero attached hydrogens (tertiary/aromatic N) is 1. The van der Waals surface area contributed by atoms with Crippen LogP contribution in [0.1, 0.15) is 12.5 Å². The standard InChI is InChI=1S/C13H22N2O4S/c1-10(15(2)3)8-14-20(17,18)13-7-11(9-16)5-6-12(13)19-4/h5-7,10,14,16H,8-9H2,1-4H3. The number of nitrogens with one attached hydrogen (secondary N) is 1. The highest BCUT2D eigenvalue weighted by atomic mass is 32.2. The van der Waals surface area contributed by atoms with Crippen LogP contribution in [-0.4, -0.2) is 52.2 Å². The van der Waals surface area contributed by atoms with Gasteiger partial charge >= 0.3 is 0 Å². The topological polar surface area (TPSA) is 78.9 Å². The normalized spacial score (nSPS) is 13.5. The average Bonchev–Trinajstić information content (AvgIpc) is 2.43. The van der Waals surface area contributed by atoms with Crippen LogP contribution in [0.15, 0.2) is 23.1 Å². The van der Waals surface area contributed by atoms with E-state index >= 15 is 0 Å². The number of rotatable bonds is 7. The van der Waals surface area contributed by atoms with Crippen molar-refractivity contribution < 1.29 is 18.3 Å². The number of hydrogen-bond acceptors (Lipinski definition) is 5. The lowest BCUT2D eigenvalue weighted by Gasteiger charge is -2.20. The van der Waals surface area contributed by atoms with Gasteiger partial charge in [-0.15, -0.1) is 0 Å². The Hall–Kier alpha value is -1.15. The van der Waals surface area contributed by atoms with Gasteiger partial charge in [0, 0.05) is 12.6 Å². The highest BCUT2D eigenvalue weighted by Crippen LogP contribution is 2.24. The van der Waals surface area contributed by atoms with Crippen molar-refractivity contribution in [3.8, 4) is 5.75 Å². The molecule has 1 aromatic carbocycles. The molecule has 20 heavy (non-hydrogen) atoms. The maximum absolute atomic E-state index is 12.3. The Balaban J connectivity index is 3.02. The third-order valence-corrected chi connectivity index (χ3v) is 4.60. The highest BCUT2D eigenvalue weighted by molar-refractivity contribution is 7.89. The fraction of sp³-hybridized carbons (Fsp3) is 0.538. The second-order valence-corrected chi connectivity index (χ2v) is 6.54. The summed E-state index contributed by atoms with van der Waals surface area (Å²) in [6, 6.07) is 4.65. The van der Waals surface area contributed by atoms with E-state index < -0.39 is 10.0 Å². The van der Waals surface area contributed by atoms with Crippen molar-refractivity contribution in [1.29, 1.82) is 0 Å². The molecule has 2 N–H and O–H groups in total. The summed E-state index contributed by atoms with van der Waals surface area (Å²) in [6.45, 7) is 1.99. The minimum absolute atomic E-state index is 0.0394. The number of aliphatic hydroxyl groups is 1. The Morgan fingerprint density at radius 1 is 1.40 bits per heavy atom. The molecule has 0 aromatic heterocycles. The zero-order chi connectivity index (χ0) is 15.3. The summed E-state index contributed by atoms with van der Waals surface area (Å²) in [5.41, 5.74) is 0.520. The Kier molecular flexibility index (Phi) is 5.94. The first-order chi connectivity index (χ1) is 9.31. The number of ether oxygens (including phenoxy) is 1. The predicted octanol–water partition coefficient (Wildman–Crippen LogP) is 0.416. The molecule has 114 valence electrons. The Morgan fingerprint density at radius 2 is 2.05 bits per heavy atom. The molecule has 0 aliphatic rings. The Morgan fingerprint density at radius 3 is 2.55 bits per heavy atom. The molecule has 0 spiro atoms. The van der Waals surface area contributed by atoms with Gasteiger partial charge in [0.25, 0.3) is 0 Å². The van der Waals surface area contributed by atoms with Gasteiger partial charge in [-0.25, -0.2) is 13.1 Å². The molecule has 0 aliphatic carbocycles. The van der Waals surface area contributed by atoms with Crippen LogP contribution in [0.25, 0.3) is 0 Å². The van der Waals surface area contributed by atoms with Gasteiger partial charge in [-0.3, -0.25) is 0 Å². The maximum atomic E-state index is 12.3. The summed E-state index contributed by atoms with van der Waals surface area (Å²) in [4.78, 5) is 1.96. The molecule has 0 saturated carbocycles. The van der Waals surface area contributed by atoms with Crippen LogP contribution in [0.4, 0.5) is 0 Å². The number of sulfonamides is 1. The molecule has 7 heteroatoms. The van der Waals surface area contributed by atoms with Gasteiger partial charge in [-0.1, -0.05) is 6.07 Å². The average molecular weight is 302 g/mol. The second kappa shape index (κ2) is 7.03. The summed E-state index contributed by atoms with van der Waals surface area (Å²) in [5, 5.41) is 9.12. The molecule has 0 fully saturated rings. The van der Waals surface area contributed by atoms with Crippen LogP contribution in [-0.2, 0) is 16.6 Å².